The maximum atomic E-state index is 11.8. The summed E-state index contributed by atoms with van der Waals surface area (Å²) in [5.74, 6) is -0.793. The van der Waals surface area contributed by atoms with Crippen molar-refractivity contribution >= 4 is 34.1 Å². The Balaban J connectivity index is 1.56. The monoisotopic (exact) mass is 307 g/mol. The van der Waals surface area contributed by atoms with Crippen molar-refractivity contribution in [1.29, 1.82) is 0 Å². The number of imide groups is 1. The second kappa shape index (κ2) is 5.17. The molecule has 1 saturated heterocycles. The van der Waals surface area contributed by atoms with Gasteiger partial charge in [-0.15, -0.1) is 11.3 Å². The number of aryl methyl sites for hydroxylation is 1. The second-order valence-corrected chi connectivity index (χ2v) is 5.59. The van der Waals surface area contributed by atoms with Gasteiger partial charge in [0.25, 0.3) is 5.91 Å². The van der Waals surface area contributed by atoms with Gasteiger partial charge in [0.2, 0.25) is 5.91 Å². The van der Waals surface area contributed by atoms with Gasteiger partial charge in [0, 0.05) is 17.3 Å². The van der Waals surface area contributed by atoms with Crippen LogP contribution in [0, 0.1) is 6.92 Å². The molecule has 1 aliphatic rings. The summed E-state index contributed by atoms with van der Waals surface area (Å²) in [6, 6.07) is -1.37. The summed E-state index contributed by atoms with van der Waals surface area (Å²) in [6.45, 7) is 2.27. The smallest absolute Gasteiger partial charge is 0.322 e. The number of hydrogen-bond donors (Lipinski definition) is 3. The van der Waals surface area contributed by atoms with E-state index >= 15 is 0 Å². The first-order chi connectivity index (χ1) is 10.0. The summed E-state index contributed by atoms with van der Waals surface area (Å²) in [7, 11) is 0. The minimum atomic E-state index is -0.801. The van der Waals surface area contributed by atoms with Crippen molar-refractivity contribution < 1.29 is 14.4 Å². The van der Waals surface area contributed by atoms with E-state index in [1.54, 1.807) is 0 Å². The number of hydrogen-bond acceptors (Lipinski definition) is 5. The number of carbonyl (C=O) groups excluding carboxylic acids is 3. The van der Waals surface area contributed by atoms with Gasteiger partial charge >= 0.3 is 6.03 Å². The van der Waals surface area contributed by atoms with Crippen molar-refractivity contribution in [2.24, 2.45) is 0 Å². The average Bonchev–Trinajstić information content (AvgIpc) is 3.06. The Morgan fingerprint density at radius 1 is 1.52 bits per heavy atom. The molecule has 4 amide bonds. The van der Waals surface area contributed by atoms with E-state index < -0.39 is 18.0 Å². The van der Waals surface area contributed by atoms with Gasteiger partial charge in [0.05, 0.1) is 18.7 Å². The summed E-state index contributed by atoms with van der Waals surface area (Å²) >= 11 is 1.53. The number of rotatable bonds is 4. The lowest BCUT2D eigenvalue weighted by Crippen LogP contribution is -2.36. The number of fused-ring (bicyclic) bond motifs is 1. The van der Waals surface area contributed by atoms with Crippen molar-refractivity contribution in [1.82, 2.24) is 25.3 Å². The molecule has 2 aromatic rings. The van der Waals surface area contributed by atoms with E-state index in [0.29, 0.717) is 0 Å². The van der Waals surface area contributed by atoms with Gasteiger partial charge in [0.15, 0.2) is 4.96 Å². The highest BCUT2D eigenvalue weighted by Gasteiger charge is 2.31. The molecule has 0 bridgehead atoms. The Hall–Kier alpha value is -2.42. The highest BCUT2D eigenvalue weighted by atomic mass is 32.1. The molecule has 3 rings (SSSR count). The molecule has 1 atom stereocenters. The Morgan fingerprint density at radius 2 is 2.33 bits per heavy atom. The quantitative estimate of drug-likeness (QED) is 0.687. The summed E-state index contributed by atoms with van der Waals surface area (Å²) in [6.07, 6.45) is 1.78. The Morgan fingerprint density at radius 3 is 3.00 bits per heavy atom. The minimum Gasteiger partial charge on any atom is -0.350 e. The highest BCUT2D eigenvalue weighted by Crippen LogP contribution is 2.15. The van der Waals surface area contributed by atoms with E-state index in [2.05, 4.69) is 20.9 Å². The zero-order chi connectivity index (χ0) is 15.0. The third-order valence-corrected chi connectivity index (χ3v) is 4.11. The molecule has 0 spiro atoms. The van der Waals surface area contributed by atoms with Gasteiger partial charge in [-0.25, -0.2) is 9.78 Å². The van der Waals surface area contributed by atoms with Crippen molar-refractivity contribution in [2.45, 2.75) is 25.9 Å². The standard InChI is InChI=1S/C12H13N5O3S/c1-6-5-21-12-14-7(4-17(6)12)3-13-9(18)2-8-10(19)16-11(20)15-8/h4-5,8H,2-3H2,1H3,(H,13,18)(H2,15,16,19,20)/t8-/m0/s1. The lowest BCUT2D eigenvalue weighted by molar-refractivity contribution is -0.126. The summed E-state index contributed by atoms with van der Waals surface area (Å²) in [5.41, 5.74) is 1.84. The molecule has 0 aromatic carbocycles. The van der Waals surface area contributed by atoms with Gasteiger partial charge in [-0.2, -0.15) is 0 Å². The molecule has 0 radical (unpaired) electrons. The van der Waals surface area contributed by atoms with Crippen LogP contribution in [-0.2, 0) is 16.1 Å². The molecule has 0 saturated carbocycles. The third-order valence-electron chi connectivity index (χ3n) is 3.15. The first-order valence-corrected chi connectivity index (χ1v) is 7.21. The average molecular weight is 307 g/mol. The Kier molecular flexibility index (Phi) is 3.34. The number of carbonyl (C=O) groups is 3. The van der Waals surface area contributed by atoms with Crippen LogP contribution in [0.4, 0.5) is 4.79 Å². The summed E-state index contributed by atoms with van der Waals surface area (Å²) < 4.78 is 1.96. The van der Waals surface area contributed by atoms with E-state index in [1.165, 1.54) is 11.3 Å². The van der Waals surface area contributed by atoms with Crippen LogP contribution in [0.3, 0.4) is 0 Å². The molecule has 1 aliphatic heterocycles. The predicted octanol–water partition coefficient (Wildman–Crippen LogP) is -0.0815. The molecule has 3 heterocycles. The van der Waals surface area contributed by atoms with Gasteiger partial charge < -0.3 is 10.6 Å². The van der Waals surface area contributed by atoms with Crippen LogP contribution in [-0.4, -0.2) is 33.3 Å². The van der Waals surface area contributed by atoms with Gasteiger partial charge in [-0.05, 0) is 6.92 Å². The fraction of sp³-hybridized carbons (Fsp3) is 0.333. The number of nitrogens with one attached hydrogen (secondary N) is 3. The van der Waals surface area contributed by atoms with Gasteiger partial charge in [-0.1, -0.05) is 0 Å². The van der Waals surface area contributed by atoms with Gasteiger partial charge in [-0.3, -0.25) is 19.3 Å². The zero-order valence-corrected chi connectivity index (χ0v) is 12.0. The normalized spacial score (nSPS) is 17.9. The fourth-order valence-electron chi connectivity index (χ4n) is 2.07. The molecule has 8 nitrogen and oxygen atoms in total. The van der Waals surface area contributed by atoms with Crippen LogP contribution in [0.25, 0.3) is 4.96 Å². The molecule has 1 fully saturated rings. The van der Waals surface area contributed by atoms with Crippen LogP contribution in [0.5, 0.6) is 0 Å². The first kappa shape index (κ1) is 13.6. The van der Waals surface area contributed by atoms with Crippen LogP contribution < -0.4 is 16.0 Å². The summed E-state index contributed by atoms with van der Waals surface area (Å²) in [4.78, 5) is 39.3. The number of thiazole rings is 1. The van der Waals surface area contributed by atoms with Crippen molar-refractivity contribution in [3.8, 4) is 0 Å². The zero-order valence-electron chi connectivity index (χ0n) is 11.2. The number of urea groups is 1. The maximum Gasteiger partial charge on any atom is 0.322 e. The predicted molar refractivity (Wildman–Crippen MR) is 74.7 cm³/mol. The van der Waals surface area contributed by atoms with Crippen LogP contribution in [0.15, 0.2) is 11.6 Å². The number of nitrogens with zero attached hydrogens (tertiary/aromatic N) is 2. The fourth-order valence-corrected chi connectivity index (χ4v) is 2.94. The van der Waals surface area contributed by atoms with Crippen molar-refractivity contribution in [3.05, 3.63) is 23.0 Å². The molecule has 110 valence electrons. The molecule has 0 aliphatic carbocycles. The highest BCUT2D eigenvalue weighted by molar-refractivity contribution is 7.15. The van der Waals surface area contributed by atoms with E-state index in [9.17, 15) is 14.4 Å². The maximum absolute atomic E-state index is 11.8. The molecule has 0 unspecified atom stereocenters. The largest absolute Gasteiger partial charge is 0.350 e. The Labute approximate surface area is 123 Å². The minimum absolute atomic E-state index is 0.0845. The van der Waals surface area contributed by atoms with E-state index in [1.807, 2.05) is 22.9 Å². The molecule has 21 heavy (non-hydrogen) atoms. The second-order valence-electron chi connectivity index (χ2n) is 4.76. The SMILES string of the molecule is Cc1csc2nc(CNC(=O)C[C@@H]3NC(=O)NC3=O)cn12. The van der Waals surface area contributed by atoms with Crippen molar-refractivity contribution in [2.75, 3.05) is 0 Å². The summed E-state index contributed by atoms with van der Waals surface area (Å²) in [5, 5.41) is 9.16. The van der Waals surface area contributed by atoms with Crippen molar-refractivity contribution in [3.63, 3.8) is 0 Å². The molecular formula is C12H13N5O3S. The molecule has 9 heteroatoms. The number of imidazole rings is 1. The topological polar surface area (TPSA) is 105 Å². The molecular weight excluding hydrogens is 294 g/mol. The van der Waals surface area contributed by atoms with E-state index in [4.69, 9.17) is 0 Å². The number of aromatic nitrogens is 2. The lowest BCUT2D eigenvalue weighted by Gasteiger charge is -2.07. The van der Waals surface area contributed by atoms with Crippen LogP contribution in [0.1, 0.15) is 17.8 Å². The number of amides is 4. The third kappa shape index (κ3) is 2.72. The van der Waals surface area contributed by atoms with E-state index in [-0.39, 0.29) is 18.9 Å². The van der Waals surface area contributed by atoms with Crippen LogP contribution in [0.2, 0.25) is 0 Å². The Bertz CT molecular complexity index is 734. The molecule has 2 aromatic heterocycles. The first-order valence-electron chi connectivity index (χ1n) is 6.33. The molecule has 3 N–H and O–H groups in total. The van der Waals surface area contributed by atoms with E-state index in [0.717, 1.165) is 16.3 Å². The van der Waals surface area contributed by atoms with Gasteiger partial charge in [0.1, 0.15) is 6.04 Å². The lowest BCUT2D eigenvalue weighted by atomic mass is 10.2. The van der Waals surface area contributed by atoms with Crippen LogP contribution >= 0.6 is 11.3 Å².